The van der Waals surface area contributed by atoms with E-state index in [1.165, 1.54) is 0 Å². The van der Waals surface area contributed by atoms with Crippen molar-refractivity contribution in [1.82, 2.24) is 10.3 Å². The first kappa shape index (κ1) is 12.6. The fourth-order valence-corrected chi connectivity index (χ4v) is 1.95. The summed E-state index contributed by atoms with van der Waals surface area (Å²) in [5, 5.41) is 2.99. The van der Waals surface area contributed by atoms with Gasteiger partial charge in [-0.25, -0.2) is 4.98 Å². The molecular weight excluding hydrogens is 226 g/mol. The zero-order valence-electron chi connectivity index (χ0n) is 10.4. The number of rotatable bonds is 3. The van der Waals surface area contributed by atoms with Gasteiger partial charge in [-0.15, -0.1) is 0 Å². The van der Waals surface area contributed by atoms with Gasteiger partial charge in [0.05, 0.1) is 12.1 Å². The molecule has 1 aliphatic rings. The fraction of sp³-hybridized carbons (Fsp3) is 0.429. The molecule has 1 amide bonds. The van der Waals surface area contributed by atoms with Crippen LogP contribution in [-0.2, 0) is 0 Å². The standard InChI is InChI=1S/C14H17N3O/c1-2-10-9-12(10)17-14(18)13-11(5-3-7-15)6-4-8-16-13/h4,6,8,10,12H,2,7,9,15H2,1H3,(H,17,18). The van der Waals surface area contributed by atoms with Crippen LogP contribution in [0.15, 0.2) is 18.3 Å². The van der Waals surface area contributed by atoms with Gasteiger partial charge in [0, 0.05) is 12.2 Å². The third-order valence-corrected chi connectivity index (χ3v) is 3.11. The maximum atomic E-state index is 12.1. The zero-order valence-corrected chi connectivity index (χ0v) is 10.4. The molecule has 18 heavy (non-hydrogen) atoms. The van der Waals surface area contributed by atoms with Gasteiger partial charge in [0.25, 0.3) is 5.91 Å². The summed E-state index contributed by atoms with van der Waals surface area (Å²) in [7, 11) is 0. The van der Waals surface area contributed by atoms with E-state index in [1.807, 2.05) is 0 Å². The molecule has 0 aromatic carbocycles. The summed E-state index contributed by atoms with van der Waals surface area (Å²) < 4.78 is 0. The lowest BCUT2D eigenvalue weighted by Crippen LogP contribution is -2.28. The van der Waals surface area contributed by atoms with Crippen LogP contribution >= 0.6 is 0 Å². The summed E-state index contributed by atoms with van der Waals surface area (Å²) in [6, 6.07) is 3.86. The van der Waals surface area contributed by atoms with Crippen LogP contribution in [0.2, 0.25) is 0 Å². The average Bonchev–Trinajstić information content (AvgIpc) is 3.15. The predicted molar refractivity (Wildman–Crippen MR) is 69.8 cm³/mol. The fourth-order valence-electron chi connectivity index (χ4n) is 1.95. The SMILES string of the molecule is CCC1CC1NC(=O)c1ncccc1C#CCN. The molecule has 0 radical (unpaired) electrons. The van der Waals surface area contributed by atoms with Crippen LogP contribution in [0.4, 0.5) is 0 Å². The lowest BCUT2D eigenvalue weighted by atomic mass is 10.2. The molecule has 1 heterocycles. The molecule has 0 aliphatic heterocycles. The van der Waals surface area contributed by atoms with Gasteiger partial charge in [-0.3, -0.25) is 4.79 Å². The highest BCUT2D eigenvalue weighted by Gasteiger charge is 2.36. The molecule has 2 unspecified atom stereocenters. The predicted octanol–water partition coefficient (Wildman–Crippen LogP) is 0.920. The van der Waals surface area contributed by atoms with E-state index in [0.717, 1.165) is 12.8 Å². The van der Waals surface area contributed by atoms with Gasteiger partial charge in [-0.05, 0) is 24.5 Å². The molecule has 1 fully saturated rings. The van der Waals surface area contributed by atoms with E-state index in [-0.39, 0.29) is 12.5 Å². The van der Waals surface area contributed by atoms with Crippen LogP contribution in [0.3, 0.4) is 0 Å². The third-order valence-electron chi connectivity index (χ3n) is 3.11. The van der Waals surface area contributed by atoms with Crippen molar-refractivity contribution in [2.24, 2.45) is 11.7 Å². The van der Waals surface area contributed by atoms with Gasteiger partial charge in [0.15, 0.2) is 0 Å². The molecule has 0 spiro atoms. The Labute approximate surface area is 107 Å². The highest BCUT2D eigenvalue weighted by molar-refractivity contribution is 5.95. The minimum atomic E-state index is -0.141. The van der Waals surface area contributed by atoms with E-state index in [9.17, 15) is 4.79 Å². The molecule has 94 valence electrons. The van der Waals surface area contributed by atoms with Gasteiger partial charge < -0.3 is 11.1 Å². The van der Waals surface area contributed by atoms with Gasteiger partial charge in [0.2, 0.25) is 0 Å². The Balaban J connectivity index is 2.10. The van der Waals surface area contributed by atoms with Crippen molar-refractivity contribution < 1.29 is 4.79 Å². The second kappa shape index (κ2) is 5.65. The molecule has 2 atom stereocenters. The minimum absolute atomic E-state index is 0.141. The lowest BCUT2D eigenvalue weighted by Gasteiger charge is -2.05. The second-order valence-electron chi connectivity index (χ2n) is 4.39. The zero-order chi connectivity index (χ0) is 13.0. The molecule has 1 aromatic rings. The van der Waals surface area contributed by atoms with Crippen molar-refractivity contribution in [3.63, 3.8) is 0 Å². The van der Waals surface area contributed by atoms with Crippen LogP contribution in [0.25, 0.3) is 0 Å². The summed E-state index contributed by atoms with van der Waals surface area (Å²) in [6.07, 6.45) is 3.78. The molecule has 0 saturated heterocycles. The van der Waals surface area contributed by atoms with Crippen LogP contribution in [-0.4, -0.2) is 23.5 Å². The first-order chi connectivity index (χ1) is 8.76. The molecule has 4 heteroatoms. The van der Waals surface area contributed by atoms with Crippen LogP contribution in [0.1, 0.15) is 35.8 Å². The molecular formula is C14H17N3O. The Morgan fingerprint density at radius 1 is 1.67 bits per heavy atom. The van der Waals surface area contributed by atoms with Crippen molar-refractivity contribution in [3.05, 3.63) is 29.6 Å². The Morgan fingerprint density at radius 3 is 3.17 bits per heavy atom. The van der Waals surface area contributed by atoms with Crippen molar-refractivity contribution in [2.75, 3.05) is 6.54 Å². The Hall–Kier alpha value is -1.86. The maximum absolute atomic E-state index is 12.1. The van der Waals surface area contributed by atoms with Gasteiger partial charge in [0.1, 0.15) is 5.69 Å². The average molecular weight is 243 g/mol. The van der Waals surface area contributed by atoms with Crippen LogP contribution in [0.5, 0.6) is 0 Å². The van der Waals surface area contributed by atoms with E-state index < -0.39 is 0 Å². The maximum Gasteiger partial charge on any atom is 0.271 e. The van der Waals surface area contributed by atoms with Gasteiger partial charge >= 0.3 is 0 Å². The van der Waals surface area contributed by atoms with Crippen LogP contribution in [0, 0.1) is 17.8 Å². The van der Waals surface area contributed by atoms with Gasteiger partial charge in [-0.1, -0.05) is 25.2 Å². The highest BCUT2D eigenvalue weighted by atomic mass is 16.2. The first-order valence-electron chi connectivity index (χ1n) is 6.21. The van der Waals surface area contributed by atoms with Crippen molar-refractivity contribution in [2.45, 2.75) is 25.8 Å². The normalized spacial score (nSPS) is 20.8. The number of carbonyl (C=O) groups is 1. The molecule has 4 nitrogen and oxygen atoms in total. The Kier molecular flexibility index (Phi) is 3.96. The quantitative estimate of drug-likeness (QED) is 0.776. The Bertz CT molecular complexity index is 501. The molecule has 2 rings (SSSR count). The first-order valence-corrected chi connectivity index (χ1v) is 6.21. The number of pyridine rings is 1. The number of nitrogens with one attached hydrogen (secondary N) is 1. The largest absolute Gasteiger partial charge is 0.348 e. The smallest absolute Gasteiger partial charge is 0.271 e. The van der Waals surface area contributed by atoms with E-state index in [1.54, 1.807) is 18.3 Å². The third kappa shape index (κ3) is 2.88. The van der Waals surface area contributed by atoms with Crippen molar-refractivity contribution in [1.29, 1.82) is 0 Å². The van der Waals surface area contributed by atoms with E-state index >= 15 is 0 Å². The number of nitrogens with two attached hydrogens (primary N) is 1. The van der Waals surface area contributed by atoms with Crippen molar-refractivity contribution in [3.8, 4) is 11.8 Å². The van der Waals surface area contributed by atoms with E-state index in [2.05, 4.69) is 29.1 Å². The topological polar surface area (TPSA) is 68.0 Å². The number of amides is 1. The molecule has 1 aliphatic carbocycles. The molecule has 1 saturated carbocycles. The molecule has 0 bridgehead atoms. The van der Waals surface area contributed by atoms with Crippen molar-refractivity contribution >= 4 is 5.91 Å². The lowest BCUT2D eigenvalue weighted by molar-refractivity contribution is 0.0943. The summed E-state index contributed by atoms with van der Waals surface area (Å²) in [6.45, 7) is 2.41. The Morgan fingerprint density at radius 2 is 2.50 bits per heavy atom. The number of carbonyl (C=O) groups excluding carboxylic acids is 1. The molecule has 1 aromatic heterocycles. The number of nitrogens with zero attached hydrogens (tertiary/aromatic N) is 1. The number of hydrogen-bond donors (Lipinski definition) is 2. The van der Waals surface area contributed by atoms with E-state index in [4.69, 9.17) is 5.73 Å². The summed E-state index contributed by atoms with van der Waals surface area (Å²) in [4.78, 5) is 16.2. The molecule has 3 N–H and O–H groups in total. The second-order valence-corrected chi connectivity index (χ2v) is 4.39. The summed E-state index contributed by atoms with van der Waals surface area (Å²) in [5.74, 6) is 6.10. The highest BCUT2D eigenvalue weighted by Crippen LogP contribution is 2.33. The summed E-state index contributed by atoms with van der Waals surface area (Å²) >= 11 is 0. The van der Waals surface area contributed by atoms with Crippen LogP contribution < -0.4 is 11.1 Å². The number of hydrogen-bond acceptors (Lipinski definition) is 3. The minimum Gasteiger partial charge on any atom is -0.348 e. The monoisotopic (exact) mass is 243 g/mol. The summed E-state index contributed by atoms with van der Waals surface area (Å²) in [5.41, 5.74) is 6.36. The van der Waals surface area contributed by atoms with Gasteiger partial charge in [-0.2, -0.15) is 0 Å². The van der Waals surface area contributed by atoms with E-state index in [0.29, 0.717) is 23.2 Å². The number of aromatic nitrogens is 1.